The summed E-state index contributed by atoms with van der Waals surface area (Å²) >= 11 is 3.47. The second kappa shape index (κ2) is 4.29. The van der Waals surface area contributed by atoms with Gasteiger partial charge in [0.15, 0.2) is 0 Å². The third-order valence-electron chi connectivity index (χ3n) is 2.47. The Bertz CT molecular complexity index is 588. The number of pyridine rings is 1. The highest BCUT2D eigenvalue weighted by Crippen LogP contribution is 2.23. The Labute approximate surface area is 107 Å². The minimum atomic E-state index is -0.0655. The van der Waals surface area contributed by atoms with E-state index in [-0.39, 0.29) is 5.84 Å². The minimum Gasteiger partial charge on any atom is -0.382 e. The third kappa shape index (κ3) is 1.95. The maximum absolute atomic E-state index is 7.52. The van der Waals surface area contributed by atoms with Crippen molar-refractivity contribution in [1.29, 1.82) is 5.41 Å². The van der Waals surface area contributed by atoms with Crippen LogP contribution >= 0.6 is 15.9 Å². The lowest BCUT2D eigenvalue weighted by atomic mass is 10.2. The molecule has 0 aliphatic carbocycles. The molecule has 0 saturated carbocycles. The summed E-state index contributed by atoms with van der Waals surface area (Å²) < 4.78 is 2.69. The number of nitrogens with one attached hydrogen (secondary N) is 1. The lowest BCUT2D eigenvalue weighted by molar-refractivity contribution is 0.825. The number of nitrogen functional groups attached to an aromatic ring is 1. The summed E-state index contributed by atoms with van der Waals surface area (Å²) in [5, 5.41) is 11.9. The van der Waals surface area contributed by atoms with Gasteiger partial charge in [0.2, 0.25) is 0 Å². The topological polar surface area (TPSA) is 80.6 Å². The molecule has 5 nitrogen and oxygen atoms in total. The van der Waals surface area contributed by atoms with Gasteiger partial charge >= 0.3 is 0 Å². The van der Waals surface area contributed by atoms with E-state index in [1.807, 2.05) is 19.9 Å². The first-order valence-electron chi connectivity index (χ1n) is 5.04. The van der Waals surface area contributed by atoms with Crippen LogP contribution < -0.4 is 5.73 Å². The minimum absolute atomic E-state index is 0.0655. The van der Waals surface area contributed by atoms with Gasteiger partial charge < -0.3 is 5.73 Å². The second-order valence-electron chi connectivity index (χ2n) is 3.68. The standard InChI is InChI=1S/C11H12BrN5/c1-6-9(12)7(2)17(16-6)8-4-3-5-15-10(8)11(13)14/h3-5H,1-2H3,(H3,13,14). The molecule has 2 aromatic rings. The van der Waals surface area contributed by atoms with Gasteiger partial charge in [0.1, 0.15) is 11.5 Å². The van der Waals surface area contributed by atoms with E-state index >= 15 is 0 Å². The van der Waals surface area contributed by atoms with E-state index in [1.165, 1.54) is 0 Å². The molecule has 88 valence electrons. The number of amidine groups is 1. The number of aryl methyl sites for hydroxylation is 1. The van der Waals surface area contributed by atoms with Crippen molar-refractivity contribution in [2.24, 2.45) is 5.73 Å². The molecule has 0 aromatic carbocycles. The van der Waals surface area contributed by atoms with Crippen molar-refractivity contribution < 1.29 is 0 Å². The first kappa shape index (κ1) is 11.8. The lowest BCUT2D eigenvalue weighted by Gasteiger charge is -2.08. The second-order valence-corrected chi connectivity index (χ2v) is 4.47. The van der Waals surface area contributed by atoms with Crippen molar-refractivity contribution in [3.05, 3.63) is 39.9 Å². The number of rotatable bonds is 2. The number of hydrogen-bond donors (Lipinski definition) is 2. The number of nitrogens with zero attached hydrogens (tertiary/aromatic N) is 3. The summed E-state index contributed by atoms with van der Waals surface area (Å²) in [6, 6.07) is 3.64. The van der Waals surface area contributed by atoms with Crippen LogP contribution in [0.25, 0.3) is 5.69 Å². The van der Waals surface area contributed by atoms with Gasteiger partial charge in [-0.3, -0.25) is 10.4 Å². The average Bonchev–Trinajstić information content (AvgIpc) is 2.57. The van der Waals surface area contributed by atoms with Crippen LogP contribution in [0.3, 0.4) is 0 Å². The molecule has 17 heavy (non-hydrogen) atoms. The van der Waals surface area contributed by atoms with E-state index in [1.54, 1.807) is 16.9 Å². The fraction of sp³-hybridized carbons (Fsp3) is 0.182. The maximum atomic E-state index is 7.52. The van der Waals surface area contributed by atoms with Crippen molar-refractivity contribution in [2.75, 3.05) is 0 Å². The van der Waals surface area contributed by atoms with E-state index in [4.69, 9.17) is 11.1 Å². The van der Waals surface area contributed by atoms with E-state index in [2.05, 4.69) is 26.0 Å². The summed E-state index contributed by atoms with van der Waals surface area (Å²) in [4.78, 5) is 4.11. The van der Waals surface area contributed by atoms with Crippen molar-refractivity contribution in [1.82, 2.24) is 14.8 Å². The first-order valence-corrected chi connectivity index (χ1v) is 5.83. The zero-order valence-electron chi connectivity index (χ0n) is 9.53. The van der Waals surface area contributed by atoms with Gasteiger partial charge in [0.25, 0.3) is 0 Å². The molecule has 2 rings (SSSR count). The van der Waals surface area contributed by atoms with Crippen LogP contribution in [0.15, 0.2) is 22.8 Å². The normalized spacial score (nSPS) is 10.5. The monoisotopic (exact) mass is 293 g/mol. The molecule has 2 heterocycles. The van der Waals surface area contributed by atoms with Crippen LogP contribution in [0.5, 0.6) is 0 Å². The van der Waals surface area contributed by atoms with Crippen LogP contribution in [-0.2, 0) is 0 Å². The van der Waals surface area contributed by atoms with E-state index in [0.717, 1.165) is 15.9 Å². The van der Waals surface area contributed by atoms with Crippen LogP contribution in [0, 0.1) is 19.3 Å². The van der Waals surface area contributed by atoms with Crippen LogP contribution in [0.1, 0.15) is 17.1 Å². The fourth-order valence-corrected chi connectivity index (χ4v) is 1.88. The number of hydrogen-bond acceptors (Lipinski definition) is 3. The highest BCUT2D eigenvalue weighted by atomic mass is 79.9. The number of aromatic nitrogens is 3. The van der Waals surface area contributed by atoms with Gasteiger partial charge in [0, 0.05) is 6.20 Å². The Kier molecular flexibility index (Phi) is 2.97. The molecular weight excluding hydrogens is 282 g/mol. The first-order chi connectivity index (χ1) is 8.02. The quantitative estimate of drug-likeness (QED) is 0.656. The Morgan fingerprint density at radius 1 is 1.47 bits per heavy atom. The Balaban J connectivity index is 2.68. The summed E-state index contributed by atoms with van der Waals surface area (Å²) in [5.74, 6) is -0.0655. The summed E-state index contributed by atoms with van der Waals surface area (Å²) in [5.41, 5.74) is 8.51. The van der Waals surface area contributed by atoms with Crippen molar-refractivity contribution in [3.63, 3.8) is 0 Å². The van der Waals surface area contributed by atoms with E-state index in [9.17, 15) is 0 Å². The largest absolute Gasteiger partial charge is 0.382 e. The van der Waals surface area contributed by atoms with Crippen molar-refractivity contribution in [3.8, 4) is 5.69 Å². The Hall–Kier alpha value is -1.69. The highest BCUT2D eigenvalue weighted by Gasteiger charge is 2.14. The summed E-state index contributed by atoms with van der Waals surface area (Å²) in [6.07, 6.45) is 1.61. The van der Waals surface area contributed by atoms with Gasteiger partial charge in [-0.2, -0.15) is 5.10 Å². The molecular formula is C11H12BrN5. The van der Waals surface area contributed by atoms with Gasteiger partial charge in [-0.05, 0) is 41.9 Å². The molecule has 2 aromatic heterocycles. The van der Waals surface area contributed by atoms with Crippen LogP contribution in [-0.4, -0.2) is 20.6 Å². The van der Waals surface area contributed by atoms with Crippen molar-refractivity contribution in [2.45, 2.75) is 13.8 Å². The fourth-order valence-electron chi connectivity index (χ4n) is 1.63. The molecule has 3 N–H and O–H groups in total. The summed E-state index contributed by atoms with van der Waals surface area (Å²) in [7, 11) is 0. The van der Waals surface area contributed by atoms with Crippen LogP contribution in [0.4, 0.5) is 0 Å². The van der Waals surface area contributed by atoms with Gasteiger partial charge in [0.05, 0.1) is 21.5 Å². The third-order valence-corrected chi connectivity index (χ3v) is 3.62. The lowest BCUT2D eigenvalue weighted by Crippen LogP contribution is -2.17. The molecule has 6 heteroatoms. The molecule has 0 spiro atoms. The average molecular weight is 294 g/mol. The predicted octanol–water partition coefficient (Wildman–Crippen LogP) is 1.93. The zero-order valence-corrected chi connectivity index (χ0v) is 11.1. The van der Waals surface area contributed by atoms with E-state index < -0.39 is 0 Å². The highest BCUT2D eigenvalue weighted by molar-refractivity contribution is 9.10. The zero-order chi connectivity index (χ0) is 12.6. The molecule has 0 fully saturated rings. The molecule has 0 unspecified atom stereocenters. The van der Waals surface area contributed by atoms with Gasteiger partial charge in [-0.15, -0.1) is 0 Å². The SMILES string of the molecule is Cc1nn(-c2cccnc2C(=N)N)c(C)c1Br. The number of nitrogens with two attached hydrogens (primary N) is 1. The van der Waals surface area contributed by atoms with Gasteiger partial charge in [-0.25, -0.2) is 4.68 Å². The molecule has 0 atom stereocenters. The van der Waals surface area contributed by atoms with Crippen molar-refractivity contribution >= 4 is 21.8 Å². The summed E-state index contributed by atoms with van der Waals surface area (Å²) in [6.45, 7) is 3.86. The molecule has 0 aliphatic heterocycles. The molecule has 0 radical (unpaired) electrons. The predicted molar refractivity (Wildman–Crippen MR) is 69.5 cm³/mol. The van der Waals surface area contributed by atoms with Gasteiger partial charge in [-0.1, -0.05) is 0 Å². The Morgan fingerprint density at radius 2 is 2.18 bits per heavy atom. The smallest absolute Gasteiger partial charge is 0.144 e. The molecule has 0 saturated heterocycles. The van der Waals surface area contributed by atoms with E-state index in [0.29, 0.717) is 11.4 Å². The van der Waals surface area contributed by atoms with Crippen LogP contribution in [0.2, 0.25) is 0 Å². The molecule has 0 amide bonds. The molecule has 0 aliphatic rings. The maximum Gasteiger partial charge on any atom is 0.144 e. The Morgan fingerprint density at radius 3 is 2.71 bits per heavy atom. The number of halogens is 1. The molecule has 0 bridgehead atoms.